The van der Waals surface area contributed by atoms with Crippen molar-refractivity contribution in [3.05, 3.63) is 64.9 Å². The van der Waals surface area contributed by atoms with Gasteiger partial charge in [0.25, 0.3) is 0 Å². The normalized spacial score (nSPS) is 18.5. The molecular formula is C17H14ClNO2. The summed E-state index contributed by atoms with van der Waals surface area (Å²) in [5, 5.41) is 1.56. The average Bonchev–Trinajstić information content (AvgIpc) is 3.11. The highest BCUT2D eigenvalue weighted by Gasteiger charge is 2.31. The standard InChI is InChI=1S/C17H14ClNO2/c18-12-6-3-5-11-9-15(21-17(11)12)16(19)14-8-10-4-1-2-7-13(10)20-14/h1-7,9,14,16H,8,19H2. The molecule has 2 aromatic carbocycles. The van der Waals surface area contributed by atoms with E-state index >= 15 is 0 Å². The Balaban J connectivity index is 1.66. The average molecular weight is 300 g/mol. The van der Waals surface area contributed by atoms with E-state index in [-0.39, 0.29) is 12.1 Å². The molecule has 2 N–H and O–H groups in total. The van der Waals surface area contributed by atoms with Gasteiger partial charge in [0.2, 0.25) is 0 Å². The molecular weight excluding hydrogens is 286 g/mol. The minimum atomic E-state index is -0.319. The molecule has 0 radical (unpaired) electrons. The van der Waals surface area contributed by atoms with E-state index in [1.165, 1.54) is 5.56 Å². The third-order valence-corrected chi connectivity index (χ3v) is 4.21. The van der Waals surface area contributed by atoms with Crippen LogP contribution >= 0.6 is 11.6 Å². The maximum Gasteiger partial charge on any atom is 0.152 e. The number of nitrogens with two attached hydrogens (primary N) is 1. The number of para-hydroxylation sites is 2. The predicted molar refractivity (Wildman–Crippen MR) is 82.7 cm³/mol. The highest BCUT2D eigenvalue weighted by atomic mass is 35.5. The Kier molecular flexibility index (Phi) is 2.91. The van der Waals surface area contributed by atoms with Crippen molar-refractivity contribution in [2.75, 3.05) is 0 Å². The zero-order valence-corrected chi connectivity index (χ0v) is 12.0. The van der Waals surface area contributed by atoms with Crippen molar-refractivity contribution in [3.8, 4) is 5.75 Å². The van der Waals surface area contributed by atoms with Gasteiger partial charge in [0.15, 0.2) is 5.58 Å². The summed E-state index contributed by atoms with van der Waals surface area (Å²) < 4.78 is 11.8. The van der Waals surface area contributed by atoms with Gasteiger partial charge in [-0.1, -0.05) is 41.9 Å². The summed E-state index contributed by atoms with van der Waals surface area (Å²) in [6.45, 7) is 0. The fourth-order valence-corrected chi connectivity index (χ4v) is 3.02. The summed E-state index contributed by atoms with van der Waals surface area (Å²) in [7, 11) is 0. The quantitative estimate of drug-likeness (QED) is 0.775. The lowest BCUT2D eigenvalue weighted by molar-refractivity contribution is 0.188. The lowest BCUT2D eigenvalue weighted by Gasteiger charge is -2.16. The molecule has 0 saturated carbocycles. The van der Waals surface area contributed by atoms with Gasteiger partial charge >= 0.3 is 0 Å². The van der Waals surface area contributed by atoms with Crippen molar-refractivity contribution in [3.63, 3.8) is 0 Å². The number of furan rings is 1. The van der Waals surface area contributed by atoms with Crippen molar-refractivity contribution in [2.45, 2.75) is 18.6 Å². The molecule has 106 valence electrons. The Hall–Kier alpha value is -1.97. The molecule has 0 fully saturated rings. The summed E-state index contributed by atoms with van der Waals surface area (Å²) in [6.07, 6.45) is 0.684. The second-order valence-corrected chi connectivity index (χ2v) is 5.71. The van der Waals surface area contributed by atoms with E-state index in [2.05, 4.69) is 6.07 Å². The maximum absolute atomic E-state index is 6.33. The summed E-state index contributed by atoms with van der Waals surface area (Å²) in [6, 6.07) is 15.3. The van der Waals surface area contributed by atoms with E-state index < -0.39 is 0 Å². The van der Waals surface area contributed by atoms with Crippen LogP contribution in [0.2, 0.25) is 5.02 Å². The van der Waals surface area contributed by atoms with Gasteiger partial charge in [0.1, 0.15) is 23.7 Å². The molecule has 3 nitrogen and oxygen atoms in total. The van der Waals surface area contributed by atoms with Crippen molar-refractivity contribution < 1.29 is 9.15 Å². The van der Waals surface area contributed by atoms with Crippen LogP contribution in [0.3, 0.4) is 0 Å². The van der Waals surface area contributed by atoms with E-state index in [9.17, 15) is 0 Å². The molecule has 1 aliphatic rings. The number of benzene rings is 2. The van der Waals surface area contributed by atoms with Gasteiger partial charge in [-0.2, -0.15) is 0 Å². The fourth-order valence-electron chi connectivity index (χ4n) is 2.80. The molecule has 0 aliphatic carbocycles. The summed E-state index contributed by atoms with van der Waals surface area (Å²) >= 11 is 6.14. The molecule has 0 spiro atoms. The Bertz CT molecular complexity index is 786. The van der Waals surface area contributed by atoms with Crippen molar-refractivity contribution in [1.29, 1.82) is 0 Å². The van der Waals surface area contributed by atoms with E-state index in [0.717, 1.165) is 17.6 Å². The zero-order valence-electron chi connectivity index (χ0n) is 11.3. The van der Waals surface area contributed by atoms with Crippen LogP contribution in [0.25, 0.3) is 11.0 Å². The van der Waals surface area contributed by atoms with Crippen LogP contribution in [0.15, 0.2) is 52.9 Å². The van der Waals surface area contributed by atoms with E-state index in [1.807, 2.05) is 42.5 Å². The monoisotopic (exact) mass is 299 g/mol. The molecule has 2 heterocycles. The molecule has 2 atom stereocenters. The molecule has 0 amide bonds. The van der Waals surface area contributed by atoms with Crippen molar-refractivity contribution in [2.24, 2.45) is 5.73 Å². The van der Waals surface area contributed by atoms with Crippen molar-refractivity contribution >= 4 is 22.6 Å². The van der Waals surface area contributed by atoms with Crippen LogP contribution in [0.5, 0.6) is 5.75 Å². The number of fused-ring (bicyclic) bond motifs is 2. The predicted octanol–water partition coefficient (Wildman–Crippen LogP) is 4.09. The van der Waals surface area contributed by atoms with Gasteiger partial charge in [-0.25, -0.2) is 0 Å². The number of rotatable bonds is 2. The lowest BCUT2D eigenvalue weighted by Crippen LogP contribution is -2.29. The molecule has 0 bridgehead atoms. The largest absolute Gasteiger partial charge is 0.488 e. The first-order chi connectivity index (χ1) is 10.2. The van der Waals surface area contributed by atoms with E-state index in [4.69, 9.17) is 26.5 Å². The molecule has 1 aliphatic heterocycles. The van der Waals surface area contributed by atoms with Crippen LogP contribution in [0, 0.1) is 0 Å². The van der Waals surface area contributed by atoms with E-state index in [1.54, 1.807) is 0 Å². The molecule has 4 rings (SSSR count). The SMILES string of the molecule is NC(c1cc2cccc(Cl)c2o1)C1Cc2ccccc2O1. The molecule has 4 heteroatoms. The van der Waals surface area contributed by atoms with Crippen LogP contribution in [0.4, 0.5) is 0 Å². The first-order valence-corrected chi connectivity index (χ1v) is 7.28. The maximum atomic E-state index is 6.33. The fraction of sp³-hybridized carbons (Fsp3) is 0.176. The second-order valence-electron chi connectivity index (χ2n) is 5.30. The summed E-state index contributed by atoms with van der Waals surface area (Å²) in [4.78, 5) is 0. The number of ether oxygens (including phenoxy) is 1. The Labute approximate surface area is 127 Å². The van der Waals surface area contributed by atoms with Crippen LogP contribution in [-0.4, -0.2) is 6.10 Å². The van der Waals surface area contributed by atoms with E-state index in [0.29, 0.717) is 16.4 Å². The smallest absolute Gasteiger partial charge is 0.152 e. The van der Waals surface area contributed by atoms with Gasteiger partial charge in [0.05, 0.1) is 5.02 Å². The highest BCUT2D eigenvalue weighted by Crippen LogP contribution is 2.35. The lowest BCUT2D eigenvalue weighted by atomic mass is 10.0. The highest BCUT2D eigenvalue weighted by molar-refractivity contribution is 6.34. The zero-order chi connectivity index (χ0) is 14.4. The second kappa shape index (κ2) is 4.79. The van der Waals surface area contributed by atoms with Crippen molar-refractivity contribution in [1.82, 2.24) is 0 Å². The minimum Gasteiger partial charge on any atom is -0.488 e. The molecule has 2 unspecified atom stereocenters. The van der Waals surface area contributed by atoms with Gasteiger partial charge in [-0.3, -0.25) is 0 Å². The van der Waals surface area contributed by atoms with Gasteiger partial charge in [-0.05, 0) is 23.8 Å². The number of hydrogen-bond donors (Lipinski definition) is 1. The van der Waals surface area contributed by atoms with Crippen LogP contribution in [0.1, 0.15) is 17.4 Å². The number of halogens is 1. The third-order valence-electron chi connectivity index (χ3n) is 3.92. The first kappa shape index (κ1) is 12.7. The Morgan fingerprint density at radius 3 is 2.81 bits per heavy atom. The Morgan fingerprint density at radius 1 is 1.14 bits per heavy atom. The summed E-state index contributed by atoms with van der Waals surface area (Å²) in [5.41, 5.74) is 8.20. The van der Waals surface area contributed by atoms with Gasteiger partial charge in [0, 0.05) is 11.8 Å². The van der Waals surface area contributed by atoms with Crippen LogP contribution in [-0.2, 0) is 6.42 Å². The first-order valence-electron chi connectivity index (χ1n) is 6.90. The molecule has 21 heavy (non-hydrogen) atoms. The topological polar surface area (TPSA) is 48.4 Å². The Morgan fingerprint density at radius 2 is 2.00 bits per heavy atom. The van der Waals surface area contributed by atoms with Crippen LogP contribution < -0.4 is 10.5 Å². The van der Waals surface area contributed by atoms with Gasteiger partial charge in [-0.15, -0.1) is 0 Å². The summed E-state index contributed by atoms with van der Waals surface area (Å²) in [5.74, 6) is 1.61. The number of hydrogen-bond acceptors (Lipinski definition) is 3. The molecule has 3 aromatic rings. The minimum absolute atomic E-state index is 0.110. The molecule has 1 aromatic heterocycles. The van der Waals surface area contributed by atoms with Gasteiger partial charge < -0.3 is 14.9 Å². The third kappa shape index (κ3) is 2.09. The molecule has 0 saturated heterocycles.